The van der Waals surface area contributed by atoms with Gasteiger partial charge in [0, 0.05) is 6.04 Å². The van der Waals surface area contributed by atoms with Crippen LogP contribution in [0.5, 0.6) is 5.75 Å². The van der Waals surface area contributed by atoms with E-state index < -0.39 is 0 Å². The summed E-state index contributed by atoms with van der Waals surface area (Å²) in [5.41, 5.74) is 2.94. The van der Waals surface area contributed by atoms with Crippen LogP contribution in [0.2, 0.25) is 0 Å². The number of ether oxygens (including phenoxy) is 1. The molecule has 0 aliphatic heterocycles. The molecule has 2 rings (SSSR count). The molecule has 2 nitrogen and oxygen atoms in total. The summed E-state index contributed by atoms with van der Waals surface area (Å²) in [4.78, 5) is 0. The van der Waals surface area contributed by atoms with Crippen LogP contribution < -0.4 is 10.1 Å². The van der Waals surface area contributed by atoms with E-state index in [1.807, 2.05) is 0 Å². The van der Waals surface area contributed by atoms with E-state index in [1.165, 1.54) is 49.7 Å². The van der Waals surface area contributed by atoms with Crippen molar-refractivity contribution >= 4 is 0 Å². The zero-order valence-electron chi connectivity index (χ0n) is 11.7. The molecular weight excluding hydrogens is 222 g/mol. The van der Waals surface area contributed by atoms with Gasteiger partial charge >= 0.3 is 0 Å². The molecular formula is C16H25NO. The largest absolute Gasteiger partial charge is 0.497 e. The molecule has 1 aliphatic carbocycles. The fraction of sp³-hybridized carbons (Fsp3) is 0.625. The van der Waals surface area contributed by atoms with E-state index >= 15 is 0 Å². The molecule has 0 radical (unpaired) electrons. The molecule has 1 N–H and O–H groups in total. The maximum absolute atomic E-state index is 5.32. The number of unbranched alkanes of at least 4 members (excludes halogenated alkanes) is 3. The maximum atomic E-state index is 5.32. The molecule has 0 spiro atoms. The molecule has 0 aromatic heterocycles. The van der Waals surface area contributed by atoms with Gasteiger partial charge in [0.15, 0.2) is 0 Å². The van der Waals surface area contributed by atoms with Gasteiger partial charge in [-0.05, 0) is 49.1 Å². The molecule has 0 amide bonds. The predicted octanol–water partition coefficient (Wildman–Crippen LogP) is 3.85. The summed E-state index contributed by atoms with van der Waals surface area (Å²) in [6, 6.07) is 7.03. The molecule has 1 unspecified atom stereocenters. The van der Waals surface area contributed by atoms with Gasteiger partial charge in [-0.15, -0.1) is 0 Å². The molecule has 1 aromatic carbocycles. The first-order valence-corrected chi connectivity index (χ1v) is 7.25. The Hall–Kier alpha value is -1.02. The number of hydrogen-bond donors (Lipinski definition) is 1. The topological polar surface area (TPSA) is 21.3 Å². The number of methoxy groups -OCH3 is 1. The van der Waals surface area contributed by atoms with Crippen molar-refractivity contribution in [2.24, 2.45) is 0 Å². The summed E-state index contributed by atoms with van der Waals surface area (Å²) < 4.78 is 5.32. The number of fused-ring (bicyclic) bond motifs is 1. The van der Waals surface area contributed by atoms with Crippen LogP contribution in [0.1, 0.15) is 56.2 Å². The lowest BCUT2D eigenvalue weighted by Gasteiger charge is -2.14. The zero-order chi connectivity index (χ0) is 12.8. The lowest BCUT2D eigenvalue weighted by Crippen LogP contribution is -2.20. The number of rotatable bonds is 7. The Bertz CT molecular complexity index is 375. The van der Waals surface area contributed by atoms with Crippen molar-refractivity contribution < 1.29 is 4.74 Å². The molecule has 0 bridgehead atoms. The van der Waals surface area contributed by atoms with Crippen molar-refractivity contribution in [2.45, 2.75) is 51.5 Å². The van der Waals surface area contributed by atoms with Crippen molar-refractivity contribution in [3.05, 3.63) is 29.3 Å². The Morgan fingerprint density at radius 3 is 2.94 bits per heavy atom. The molecule has 0 saturated carbocycles. The Morgan fingerprint density at radius 2 is 2.17 bits per heavy atom. The van der Waals surface area contributed by atoms with Crippen LogP contribution in [-0.2, 0) is 6.42 Å². The SMILES string of the molecule is CCCCCCNC1CCc2ccc(OC)cc21. The van der Waals surface area contributed by atoms with Gasteiger partial charge in [0.2, 0.25) is 0 Å². The zero-order valence-corrected chi connectivity index (χ0v) is 11.7. The van der Waals surface area contributed by atoms with Crippen molar-refractivity contribution in [3.8, 4) is 5.75 Å². The van der Waals surface area contributed by atoms with Crippen molar-refractivity contribution in [1.82, 2.24) is 5.32 Å². The predicted molar refractivity (Wildman–Crippen MR) is 76.2 cm³/mol. The minimum Gasteiger partial charge on any atom is -0.497 e. The third-order valence-corrected chi connectivity index (χ3v) is 3.85. The van der Waals surface area contributed by atoms with Gasteiger partial charge in [-0.1, -0.05) is 32.3 Å². The van der Waals surface area contributed by atoms with Gasteiger partial charge in [-0.3, -0.25) is 0 Å². The van der Waals surface area contributed by atoms with Crippen LogP contribution in [-0.4, -0.2) is 13.7 Å². The van der Waals surface area contributed by atoms with Gasteiger partial charge in [0.05, 0.1) is 7.11 Å². The quantitative estimate of drug-likeness (QED) is 0.739. The summed E-state index contributed by atoms with van der Waals surface area (Å²) in [5, 5.41) is 3.69. The third-order valence-electron chi connectivity index (χ3n) is 3.85. The lowest BCUT2D eigenvalue weighted by molar-refractivity contribution is 0.413. The lowest BCUT2D eigenvalue weighted by atomic mass is 10.1. The summed E-state index contributed by atoms with van der Waals surface area (Å²) in [5.74, 6) is 0.980. The van der Waals surface area contributed by atoms with Gasteiger partial charge in [-0.25, -0.2) is 0 Å². The van der Waals surface area contributed by atoms with E-state index in [9.17, 15) is 0 Å². The highest BCUT2D eigenvalue weighted by molar-refractivity contribution is 5.40. The highest BCUT2D eigenvalue weighted by Crippen LogP contribution is 2.33. The van der Waals surface area contributed by atoms with E-state index in [2.05, 4.69) is 30.4 Å². The second kappa shape index (κ2) is 6.79. The molecule has 0 fully saturated rings. The second-order valence-corrected chi connectivity index (χ2v) is 5.17. The summed E-state index contributed by atoms with van der Waals surface area (Å²) in [6.45, 7) is 3.40. The smallest absolute Gasteiger partial charge is 0.119 e. The van der Waals surface area contributed by atoms with Crippen LogP contribution in [0.25, 0.3) is 0 Å². The number of benzene rings is 1. The fourth-order valence-corrected chi connectivity index (χ4v) is 2.75. The monoisotopic (exact) mass is 247 g/mol. The Morgan fingerprint density at radius 1 is 1.28 bits per heavy atom. The molecule has 1 atom stereocenters. The first-order valence-electron chi connectivity index (χ1n) is 7.25. The number of hydrogen-bond acceptors (Lipinski definition) is 2. The molecule has 18 heavy (non-hydrogen) atoms. The normalized spacial score (nSPS) is 17.8. The first-order chi connectivity index (χ1) is 8.85. The molecule has 100 valence electrons. The molecule has 0 heterocycles. The van der Waals surface area contributed by atoms with E-state index in [0.717, 1.165) is 12.3 Å². The Balaban J connectivity index is 1.86. The first kappa shape index (κ1) is 13.4. The average Bonchev–Trinajstić information content (AvgIpc) is 2.81. The van der Waals surface area contributed by atoms with Crippen LogP contribution in [0, 0.1) is 0 Å². The van der Waals surface area contributed by atoms with Gasteiger partial charge in [0.25, 0.3) is 0 Å². The summed E-state index contributed by atoms with van der Waals surface area (Å²) >= 11 is 0. The number of aryl methyl sites for hydroxylation is 1. The minimum atomic E-state index is 0.539. The minimum absolute atomic E-state index is 0.539. The highest BCUT2D eigenvalue weighted by Gasteiger charge is 2.22. The van der Waals surface area contributed by atoms with Gasteiger partial charge in [-0.2, -0.15) is 0 Å². The molecule has 1 aliphatic rings. The summed E-state index contributed by atoms with van der Waals surface area (Å²) in [7, 11) is 1.74. The third kappa shape index (κ3) is 3.26. The van der Waals surface area contributed by atoms with E-state index in [-0.39, 0.29) is 0 Å². The van der Waals surface area contributed by atoms with Crippen LogP contribution >= 0.6 is 0 Å². The van der Waals surface area contributed by atoms with Crippen molar-refractivity contribution in [3.63, 3.8) is 0 Å². The van der Waals surface area contributed by atoms with Crippen molar-refractivity contribution in [1.29, 1.82) is 0 Å². The van der Waals surface area contributed by atoms with E-state index in [1.54, 1.807) is 7.11 Å². The Labute approximate surface area is 111 Å². The molecule has 1 aromatic rings. The van der Waals surface area contributed by atoms with Crippen LogP contribution in [0.3, 0.4) is 0 Å². The summed E-state index contributed by atoms with van der Waals surface area (Å²) in [6.07, 6.45) is 7.74. The van der Waals surface area contributed by atoms with Crippen LogP contribution in [0.15, 0.2) is 18.2 Å². The van der Waals surface area contributed by atoms with Crippen LogP contribution in [0.4, 0.5) is 0 Å². The van der Waals surface area contributed by atoms with E-state index in [4.69, 9.17) is 4.74 Å². The van der Waals surface area contributed by atoms with E-state index in [0.29, 0.717) is 6.04 Å². The molecule has 0 saturated heterocycles. The number of nitrogens with one attached hydrogen (secondary N) is 1. The highest BCUT2D eigenvalue weighted by atomic mass is 16.5. The Kier molecular flexibility index (Phi) is 5.06. The van der Waals surface area contributed by atoms with Gasteiger partial charge in [0.1, 0.15) is 5.75 Å². The maximum Gasteiger partial charge on any atom is 0.119 e. The van der Waals surface area contributed by atoms with Crippen molar-refractivity contribution in [2.75, 3.05) is 13.7 Å². The van der Waals surface area contributed by atoms with Gasteiger partial charge < -0.3 is 10.1 Å². The average molecular weight is 247 g/mol. The molecule has 2 heteroatoms. The second-order valence-electron chi connectivity index (χ2n) is 5.17. The fourth-order valence-electron chi connectivity index (χ4n) is 2.75. The standard InChI is InChI=1S/C16H25NO/c1-3-4-5-6-11-17-16-10-8-13-7-9-14(18-2)12-15(13)16/h7,9,12,16-17H,3-6,8,10-11H2,1-2H3.